The molecule has 1 N–H and O–H groups in total. The number of nitrogens with zero attached hydrogens (tertiary/aromatic N) is 1. The number of hydrogen-bond donors (Lipinski definition) is 1. The molecule has 2 aromatic rings. The molecule has 0 spiro atoms. The van der Waals surface area contributed by atoms with E-state index in [0.29, 0.717) is 17.9 Å². The third-order valence-electron chi connectivity index (χ3n) is 4.71. The summed E-state index contributed by atoms with van der Waals surface area (Å²) >= 11 is 0. The standard InChI is InChI=1S/C18H22N2O5S2/c1-13-9-15(3-4-17(13)25-2)27(23,24)18-12-26(21,22)11-16(18)20-10-14-5-7-19-8-6-14/h3-9,16,18,20H,10-12H2,1-2H3/t16-,18-/m0/s1. The molecule has 0 radical (unpaired) electrons. The number of ether oxygens (including phenoxy) is 1. The summed E-state index contributed by atoms with van der Waals surface area (Å²) in [5.74, 6) is 0.00582. The molecule has 1 aliphatic heterocycles. The molecule has 1 aliphatic rings. The molecule has 1 aromatic heterocycles. The number of hydrogen-bond acceptors (Lipinski definition) is 7. The predicted octanol–water partition coefficient (Wildman–Crippen LogP) is 1.13. The number of sulfone groups is 2. The van der Waals surface area contributed by atoms with Gasteiger partial charge in [-0.15, -0.1) is 0 Å². The second kappa shape index (κ2) is 7.57. The normalized spacial score (nSPS) is 21.9. The highest BCUT2D eigenvalue weighted by molar-refractivity contribution is 7.96. The van der Waals surface area contributed by atoms with Gasteiger partial charge in [0.25, 0.3) is 0 Å². The van der Waals surface area contributed by atoms with Gasteiger partial charge in [-0.05, 0) is 48.4 Å². The summed E-state index contributed by atoms with van der Waals surface area (Å²) in [4.78, 5) is 4.04. The first-order valence-corrected chi connectivity index (χ1v) is 11.8. The van der Waals surface area contributed by atoms with Crippen molar-refractivity contribution in [2.75, 3.05) is 18.6 Å². The van der Waals surface area contributed by atoms with Crippen molar-refractivity contribution >= 4 is 19.7 Å². The Labute approximate surface area is 159 Å². The highest BCUT2D eigenvalue weighted by atomic mass is 32.2. The average Bonchev–Trinajstić information content (AvgIpc) is 2.96. The van der Waals surface area contributed by atoms with E-state index in [2.05, 4.69) is 10.3 Å². The summed E-state index contributed by atoms with van der Waals surface area (Å²) in [5, 5.41) is 2.08. The van der Waals surface area contributed by atoms with Crippen molar-refractivity contribution in [2.45, 2.75) is 29.7 Å². The van der Waals surface area contributed by atoms with Crippen LogP contribution in [0, 0.1) is 6.92 Å². The van der Waals surface area contributed by atoms with Crippen LogP contribution in [-0.2, 0) is 26.2 Å². The Kier molecular flexibility index (Phi) is 5.55. The van der Waals surface area contributed by atoms with E-state index in [1.807, 2.05) is 0 Å². The summed E-state index contributed by atoms with van der Waals surface area (Å²) in [7, 11) is -5.75. The highest BCUT2D eigenvalue weighted by Crippen LogP contribution is 2.29. The molecule has 9 heteroatoms. The zero-order valence-electron chi connectivity index (χ0n) is 15.1. The van der Waals surface area contributed by atoms with Crippen molar-refractivity contribution in [1.29, 1.82) is 0 Å². The monoisotopic (exact) mass is 410 g/mol. The minimum absolute atomic E-state index is 0.110. The van der Waals surface area contributed by atoms with E-state index in [9.17, 15) is 16.8 Å². The van der Waals surface area contributed by atoms with Crippen LogP contribution in [0.15, 0.2) is 47.6 Å². The maximum absolute atomic E-state index is 13.1. The predicted molar refractivity (Wildman–Crippen MR) is 102 cm³/mol. The Morgan fingerprint density at radius 1 is 1.19 bits per heavy atom. The van der Waals surface area contributed by atoms with Crippen LogP contribution < -0.4 is 10.1 Å². The van der Waals surface area contributed by atoms with Crippen molar-refractivity contribution in [2.24, 2.45) is 0 Å². The van der Waals surface area contributed by atoms with Crippen LogP contribution in [0.2, 0.25) is 0 Å². The molecule has 0 bridgehead atoms. The van der Waals surface area contributed by atoms with Gasteiger partial charge in [-0.25, -0.2) is 16.8 Å². The number of rotatable bonds is 6. The average molecular weight is 411 g/mol. The van der Waals surface area contributed by atoms with E-state index in [4.69, 9.17) is 4.74 Å². The van der Waals surface area contributed by atoms with Gasteiger partial charge in [-0.3, -0.25) is 4.98 Å². The summed E-state index contributed by atoms with van der Waals surface area (Å²) in [6, 6.07) is 7.51. The zero-order valence-corrected chi connectivity index (χ0v) is 16.8. The summed E-state index contributed by atoms with van der Waals surface area (Å²) in [6.07, 6.45) is 3.27. The van der Waals surface area contributed by atoms with Crippen LogP contribution >= 0.6 is 0 Å². The largest absolute Gasteiger partial charge is 0.496 e. The fourth-order valence-corrected chi connectivity index (χ4v) is 8.06. The number of nitrogens with one attached hydrogen (secondary N) is 1. The van der Waals surface area contributed by atoms with Crippen molar-refractivity contribution < 1.29 is 21.6 Å². The molecule has 0 unspecified atom stereocenters. The lowest BCUT2D eigenvalue weighted by Crippen LogP contribution is -2.43. The van der Waals surface area contributed by atoms with E-state index in [1.54, 1.807) is 37.5 Å². The molecular weight excluding hydrogens is 388 g/mol. The first-order chi connectivity index (χ1) is 12.7. The molecule has 27 heavy (non-hydrogen) atoms. The van der Waals surface area contributed by atoms with Crippen LogP contribution in [0.4, 0.5) is 0 Å². The second-order valence-corrected chi connectivity index (χ2v) is 11.0. The topological polar surface area (TPSA) is 102 Å². The fourth-order valence-electron chi connectivity index (χ4n) is 3.26. The maximum Gasteiger partial charge on any atom is 0.183 e. The van der Waals surface area contributed by atoms with Gasteiger partial charge in [0.05, 0.1) is 28.8 Å². The van der Waals surface area contributed by atoms with Crippen molar-refractivity contribution in [3.8, 4) is 5.75 Å². The number of benzene rings is 1. The van der Waals surface area contributed by atoms with Crippen LogP contribution in [-0.4, -0.2) is 51.7 Å². The Bertz CT molecular complexity index is 1020. The third kappa shape index (κ3) is 4.31. The molecule has 146 valence electrons. The van der Waals surface area contributed by atoms with Gasteiger partial charge in [0.1, 0.15) is 5.75 Å². The first-order valence-electron chi connectivity index (χ1n) is 8.44. The lowest BCUT2D eigenvalue weighted by Gasteiger charge is -2.20. The van der Waals surface area contributed by atoms with Gasteiger partial charge >= 0.3 is 0 Å². The number of aryl methyl sites for hydroxylation is 1. The Morgan fingerprint density at radius 2 is 1.89 bits per heavy atom. The van der Waals surface area contributed by atoms with E-state index in [0.717, 1.165) is 5.56 Å². The molecule has 3 rings (SSSR count). The quantitative estimate of drug-likeness (QED) is 0.761. The lowest BCUT2D eigenvalue weighted by atomic mass is 10.2. The van der Waals surface area contributed by atoms with Gasteiger partial charge in [-0.2, -0.15) is 0 Å². The molecule has 1 aromatic carbocycles. The van der Waals surface area contributed by atoms with Crippen LogP contribution in [0.1, 0.15) is 11.1 Å². The van der Waals surface area contributed by atoms with Crippen LogP contribution in [0.25, 0.3) is 0 Å². The van der Waals surface area contributed by atoms with Crippen LogP contribution in [0.3, 0.4) is 0 Å². The molecule has 7 nitrogen and oxygen atoms in total. The third-order valence-corrected chi connectivity index (χ3v) is 8.86. The second-order valence-electron chi connectivity index (χ2n) is 6.63. The van der Waals surface area contributed by atoms with Crippen LogP contribution in [0.5, 0.6) is 5.75 Å². The minimum Gasteiger partial charge on any atom is -0.496 e. The maximum atomic E-state index is 13.1. The molecule has 1 fully saturated rings. The van der Waals surface area contributed by atoms with E-state index >= 15 is 0 Å². The lowest BCUT2D eigenvalue weighted by molar-refractivity contribution is 0.411. The minimum atomic E-state index is -3.82. The SMILES string of the molecule is COc1ccc(S(=O)(=O)[C@H]2CS(=O)(=O)C[C@@H]2NCc2ccncc2)cc1C. The smallest absolute Gasteiger partial charge is 0.183 e. The summed E-state index contributed by atoms with van der Waals surface area (Å²) in [6.45, 7) is 2.12. The zero-order chi connectivity index (χ0) is 19.7. The van der Waals surface area contributed by atoms with Crippen molar-refractivity contribution in [3.05, 3.63) is 53.9 Å². The molecular formula is C18H22N2O5S2. The molecule has 2 atom stereocenters. The van der Waals surface area contributed by atoms with Gasteiger partial charge in [0.15, 0.2) is 19.7 Å². The van der Waals surface area contributed by atoms with Gasteiger partial charge in [-0.1, -0.05) is 0 Å². The number of methoxy groups -OCH3 is 1. The number of aromatic nitrogens is 1. The molecule has 0 amide bonds. The van der Waals surface area contributed by atoms with Gasteiger partial charge < -0.3 is 10.1 Å². The fraction of sp³-hybridized carbons (Fsp3) is 0.389. The molecule has 2 heterocycles. The van der Waals surface area contributed by atoms with E-state index in [-0.39, 0.29) is 16.4 Å². The number of pyridine rings is 1. The van der Waals surface area contributed by atoms with Crippen molar-refractivity contribution in [3.63, 3.8) is 0 Å². The molecule has 0 saturated carbocycles. The Balaban J connectivity index is 1.88. The van der Waals surface area contributed by atoms with E-state index < -0.39 is 31.0 Å². The van der Waals surface area contributed by atoms with E-state index in [1.165, 1.54) is 19.2 Å². The summed E-state index contributed by atoms with van der Waals surface area (Å²) in [5.41, 5.74) is 1.59. The molecule has 1 saturated heterocycles. The molecule has 0 aliphatic carbocycles. The first kappa shape index (κ1) is 19.8. The summed E-state index contributed by atoms with van der Waals surface area (Å²) < 4.78 is 55.8. The van der Waals surface area contributed by atoms with Gasteiger partial charge in [0.2, 0.25) is 0 Å². The van der Waals surface area contributed by atoms with Gasteiger partial charge in [0, 0.05) is 25.0 Å². The highest BCUT2D eigenvalue weighted by Gasteiger charge is 2.45. The Morgan fingerprint density at radius 3 is 2.52 bits per heavy atom. The Hall–Kier alpha value is -1.97. The van der Waals surface area contributed by atoms with Crippen molar-refractivity contribution in [1.82, 2.24) is 10.3 Å².